The molecule has 0 aliphatic rings. The maximum absolute atomic E-state index is 12.1. The van der Waals surface area contributed by atoms with Crippen LogP contribution in [0.5, 0.6) is 0 Å². The molecule has 0 spiro atoms. The van der Waals surface area contributed by atoms with Crippen molar-refractivity contribution in [3.63, 3.8) is 0 Å². The third kappa shape index (κ3) is 4.06. The Morgan fingerprint density at radius 3 is 2.45 bits per heavy atom. The molecule has 0 saturated heterocycles. The first-order valence-electron chi connectivity index (χ1n) is 6.31. The van der Waals surface area contributed by atoms with Gasteiger partial charge in [0.15, 0.2) is 0 Å². The van der Waals surface area contributed by atoms with Crippen molar-refractivity contribution in [1.29, 1.82) is 0 Å². The van der Waals surface area contributed by atoms with Gasteiger partial charge in [0.05, 0.1) is 6.10 Å². The molecule has 0 bridgehead atoms. The van der Waals surface area contributed by atoms with Gasteiger partial charge in [0, 0.05) is 18.8 Å². The van der Waals surface area contributed by atoms with Crippen molar-refractivity contribution in [2.45, 2.75) is 50.8 Å². The standard InChI is InChI=1S/C12H20N2O5S/c1-4-14-7-10(6-11(14)12(16)17)20(18,19)13-8(2)5-9(3)15/h6-9,13,15H,4-5H2,1-3H3,(H,16,17). The van der Waals surface area contributed by atoms with Crippen LogP contribution in [0.1, 0.15) is 37.7 Å². The van der Waals surface area contributed by atoms with Gasteiger partial charge in [0.2, 0.25) is 10.0 Å². The van der Waals surface area contributed by atoms with Gasteiger partial charge in [-0.3, -0.25) is 0 Å². The number of carboxylic acid groups (broad SMARTS) is 1. The number of hydrogen-bond donors (Lipinski definition) is 3. The fraction of sp³-hybridized carbons (Fsp3) is 0.583. The van der Waals surface area contributed by atoms with Crippen LogP contribution < -0.4 is 4.72 Å². The number of aromatic nitrogens is 1. The lowest BCUT2D eigenvalue weighted by Gasteiger charge is -2.14. The summed E-state index contributed by atoms with van der Waals surface area (Å²) in [5, 5.41) is 18.2. The van der Waals surface area contributed by atoms with Gasteiger partial charge in [-0.25, -0.2) is 17.9 Å². The monoisotopic (exact) mass is 304 g/mol. The third-order valence-electron chi connectivity index (χ3n) is 2.79. The highest BCUT2D eigenvalue weighted by molar-refractivity contribution is 7.89. The van der Waals surface area contributed by atoms with E-state index in [1.165, 1.54) is 10.8 Å². The summed E-state index contributed by atoms with van der Waals surface area (Å²) in [6.45, 7) is 5.30. The molecule has 7 nitrogen and oxygen atoms in total. The van der Waals surface area contributed by atoms with Gasteiger partial charge in [-0.2, -0.15) is 0 Å². The van der Waals surface area contributed by atoms with Crippen LogP contribution in [0.4, 0.5) is 0 Å². The van der Waals surface area contributed by atoms with Gasteiger partial charge >= 0.3 is 5.97 Å². The minimum Gasteiger partial charge on any atom is -0.477 e. The molecule has 1 rings (SSSR count). The second-order valence-corrected chi connectivity index (χ2v) is 6.47. The predicted molar refractivity (Wildman–Crippen MR) is 73.1 cm³/mol. The summed E-state index contributed by atoms with van der Waals surface area (Å²) in [6.07, 6.45) is 0.947. The van der Waals surface area contributed by atoms with Gasteiger partial charge in [0.25, 0.3) is 0 Å². The van der Waals surface area contributed by atoms with E-state index in [2.05, 4.69) is 4.72 Å². The second kappa shape index (κ2) is 6.38. The molecule has 1 aromatic heterocycles. The number of carboxylic acids is 1. The van der Waals surface area contributed by atoms with Crippen LogP contribution in [0.25, 0.3) is 0 Å². The van der Waals surface area contributed by atoms with Crippen LogP contribution in [0.3, 0.4) is 0 Å². The van der Waals surface area contributed by atoms with Crippen LogP contribution in [0.2, 0.25) is 0 Å². The number of sulfonamides is 1. The molecule has 20 heavy (non-hydrogen) atoms. The number of aryl methyl sites for hydroxylation is 1. The van der Waals surface area contributed by atoms with Gasteiger partial charge in [-0.05, 0) is 33.3 Å². The molecule has 3 N–H and O–H groups in total. The Balaban J connectivity index is 3.01. The molecule has 1 aromatic rings. The SMILES string of the molecule is CCn1cc(S(=O)(=O)NC(C)CC(C)O)cc1C(=O)O. The zero-order valence-electron chi connectivity index (χ0n) is 11.7. The van der Waals surface area contributed by atoms with E-state index < -0.39 is 28.1 Å². The van der Waals surface area contributed by atoms with Crippen molar-refractivity contribution in [3.05, 3.63) is 18.0 Å². The highest BCUT2D eigenvalue weighted by Crippen LogP contribution is 2.15. The van der Waals surface area contributed by atoms with Crippen LogP contribution in [-0.4, -0.2) is 41.3 Å². The van der Waals surface area contributed by atoms with E-state index in [-0.39, 0.29) is 17.0 Å². The molecule has 1 heterocycles. The predicted octanol–water partition coefficient (Wildman–Crippen LogP) is 0.644. The maximum atomic E-state index is 12.1. The highest BCUT2D eigenvalue weighted by Gasteiger charge is 2.23. The molecule has 2 unspecified atom stereocenters. The molecule has 0 saturated carbocycles. The van der Waals surface area contributed by atoms with E-state index in [4.69, 9.17) is 5.11 Å². The van der Waals surface area contributed by atoms with E-state index in [1.54, 1.807) is 20.8 Å². The molecular weight excluding hydrogens is 284 g/mol. The number of carbonyl (C=O) groups is 1. The van der Waals surface area contributed by atoms with Gasteiger partial charge < -0.3 is 14.8 Å². The van der Waals surface area contributed by atoms with E-state index in [0.29, 0.717) is 6.54 Å². The topological polar surface area (TPSA) is 109 Å². The molecule has 8 heteroatoms. The zero-order chi connectivity index (χ0) is 15.5. The van der Waals surface area contributed by atoms with Crippen molar-refractivity contribution in [2.24, 2.45) is 0 Å². The van der Waals surface area contributed by atoms with Crippen LogP contribution in [-0.2, 0) is 16.6 Å². The van der Waals surface area contributed by atoms with E-state index in [1.807, 2.05) is 0 Å². The lowest BCUT2D eigenvalue weighted by atomic mass is 10.2. The van der Waals surface area contributed by atoms with Crippen molar-refractivity contribution in [3.8, 4) is 0 Å². The summed E-state index contributed by atoms with van der Waals surface area (Å²) in [4.78, 5) is 10.9. The summed E-state index contributed by atoms with van der Waals surface area (Å²) in [6, 6.07) is 0.682. The highest BCUT2D eigenvalue weighted by atomic mass is 32.2. The van der Waals surface area contributed by atoms with Crippen molar-refractivity contribution in [2.75, 3.05) is 0 Å². The average molecular weight is 304 g/mol. The van der Waals surface area contributed by atoms with Gasteiger partial charge in [-0.1, -0.05) is 0 Å². The summed E-state index contributed by atoms with van der Waals surface area (Å²) >= 11 is 0. The quantitative estimate of drug-likeness (QED) is 0.685. The van der Waals surface area contributed by atoms with Crippen LogP contribution >= 0.6 is 0 Å². The minimum absolute atomic E-state index is 0.0731. The molecule has 0 amide bonds. The van der Waals surface area contributed by atoms with Crippen LogP contribution in [0.15, 0.2) is 17.2 Å². The number of nitrogens with zero attached hydrogens (tertiary/aromatic N) is 1. The lowest BCUT2D eigenvalue weighted by molar-refractivity contribution is 0.0685. The number of aromatic carboxylic acids is 1. The van der Waals surface area contributed by atoms with Crippen molar-refractivity contribution >= 4 is 16.0 Å². The molecule has 0 aliphatic carbocycles. The fourth-order valence-electron chi connectivity index (χ4n) is 1.96. The Hall–Kier alpha value is -1.38. The van der Waals surface area contributed by atoms with Crippen molar-refractivity contribution < 1.29 is 23.4 Å². The van der Waals surface area contributed by atoms with Crippen LogP contribution in [0, 0.1) is 0 Å². The normalized spacial score (nSPS) is 15.0. The molecule has 114 valence electrons. The Bertz CT molecular complexity index is 577. The van der Waals surface area contributed by atoms with Gasteiger partial charge in [0.1, 0.15) is 10.6 Å². The fourth-order valence-corrected chi connectivity index (χ4v) is 3.26. The number of nitrogens with one attached hydrogen (secondary N) is 1. The Labute approximate surface area is 118 Å². The largest absolute Gasteiger partial charge is 0.477 e. The molecule has 2 atom stereocenters. The summed E-state index contributed by atoms with van der Waals surface area (Å²) < 4.78 is 28.0. The molecular formula is C12H20N2O5S. The zero-order valence-corrected chi connectivity index (χ0v) is 12.5. The molecule has 0 radical (unpaired) electrons. The second-order valence-electron chi connectivity index (χ2n) is 4.76. The third-order valence-corrected chi connectivity index (χ3v) is 4.35. The summed E-state index contributed by atoms with van der Waals surface area (Å²) in [7, 11) is -3.80. The van der Waals surface area contributed by atoms with Gasteiger partial charge in [-0.15, -0.1) is 0 Å². The van der Waals surface area contributed by atoms with E-state index in [0.717, 1.165) is 6.07 Å². The first-order valence-corrected chi connectivity index (χ1v) is 7.79. The lowest BCUT2D eigenvalue weighted by Crippen LogP contribution is -2.34. The maximum Gasteiger partial charge on any atom is 0.352 e. The van der Waals surface area contributed by atoms with E-state index in [9.17, 15) is 18.3 Å². The first-order chi connectivity index (χ1) is 9.17. The number of aliphatic hydroxyl groups excluding tert-OH is 1. The number of rotatable bonds is 7. The first kappa shape index (κ1) is 16.7. The van der Waals surface area contributed by atoms with Crippen molar-refractivity contribution in [1.82, 2.24) is 9.29 Å². The average Bonchev–Trinajstić information content (AvgIpc) is 2.71. The molecule has 0 aliphatic heterocycles. The number of hydrogen-bond acceptors (Lipinski definition) is 4. The Morgan fingerprint density at radius 1 is 1.45 bits per heavy atom. The minimum atomic E-state index is -3.80. The summed E-state index contributed by atoms with van der Waals surface area (Å²) in [5.74, 6) is -1.18. The smallest absolute Gasteiger partial charge is 0.352 e. The molecule has 0 aromatic carbocycles. The number of aliphatic hydroxyl groups is 1. The summed E-state index contributed by atoms with van der Waals surface area (Å²) in [5.41, 5.74) is -0.0731. The Kier molecular flexibility index (Phi) is 5.32. The van der Waals surface area contributed by atoms with E-state index >= 15 is 0 Å². The molecule has 0 fully saturated rings. The Morgan fingerprint density at radius 2 is 2.05 bits per heavy atom.